The number of aromatic nitrogens is 1. The number of hydrogen-bond donors (Lipinski definition) is 1. The Labute approximate surface area is 118 Å². The molecule has 0 amide bonds. The normalized spacial score (nSPS) is 10.7. The summed E-state index contributed by atoms with van der Waals surface area (Å²) in [6.07, 6.45) is 1.84. The molecule has 0 saturated carbocycles. The number of benzene rings is 1. The molecule has 18 heavy (non-hydrogen) atoms. The highest BCUT2D eigenvalue weighted by Crippen LogP contribution is 2.27. The highest BCUT2D eigenvalue weighted by Gasteiger charge is 2.04. The zero-order chi connectivity index (χ0) is 12.4. The molecule has 0 unspecified atom stereocenters. The maximum absolute atomic E-state index is 4.42. The van der Waals surface area contributed by atoms with Crippen molar-refractivity contribution in [1.82, 2.24) is 4.98 Å². The van der Waals surface area contributed by atoms with Crippen molar-refractivity contribution in [1.29, 1.82) is 0 Å². The zero-order valence-electron chi connectivity index (χ0n) is 9.56. The molecule has 2 aromatic heterocycles. The first-order valence-corrected chi connectivity index (χ1v) is 7.36. The molecular formula is C14H11BrN2S. The Kier molecular flexibility index (Phi) is 3.30. The molecule has 1 aromatic carbocycles. The van der Waals surface area contributed by atoms with Crippen molar-refractivity contribution in [2.75, 3.05) is 5.32 Å². The zero-order valence-corrected chi connectivity index (χ0v) is 12.0. The van der Waals surface area contributed by atoms with Crippen molar-refractivity contribution >= 4 is 43.9 Å². The van der Waals surface area contributed by atoms with Crippen LogP contribution >= 0.6 is 27.3 Å². The first-order chi connectivity index (χ1) is 8.84. The summed E-state index contributed by atoms with van der Waals surface area (Å²) in [6.45, 7) is 0.808. The fraction of sp³-hybridized carbons (Fsp3) is 0.0714. The Morgan fingerprint density at radius 3 is 2.94 bits per heavy atom. The molecule has 1 N–H and O–H groups in total. The molecule has 0 spiro atoms. The summed E-state index contributed by atoms with van der Waals surface area (Å²) < 4.78 is 1.10. The Bertz CT molecular complexity index is 665. The lowest BCUT2D eigenvalue weighted by molar-refractivity contribution is 1.13. The van der Waals surface area contributed by atoms with E-state index in [4.69, 9.17) is 0 Å². The van der Waals surface area contributed by atoms with Crippen LogP contribution in [-0.4, -0.2) is 4.98 Å². The Morgan fingerprint density at radius 2 is 2.11 bits per heavy atom. The summed E-state index contributed by atoms with van der Waals surface area (Å²) in [5.41, 5.74) is 1.29. The SMILES string of the molecule is Brc1cccc2c(NCc3ccsc3)nccc12. The van der Waals surface area contributed by atoms with Crippen LogP contribution in [0.15, 0.2) is 51.8 Å². The van der Waals surface area contributed by atoms with E-state index in [-0.39, 0.29) is 0 Å². The average Bonchev–Trinajstić information content (AvgIpc) is 2.90. The summed E-state index contributed by atoms with van der Waals surface area (Å²) in [5, 5.41) is 9.95. The van der Waals surface area contributed by atoms with Crippen LogP contribution in [0.3, 0.4) is 0 Å². The second-order valence-electron chi connectivity index (χ2n) is 3.98. The van der Waals surface area contributed by atoms with Crippen molar-refractivity contribution < 1.29 is 0 Å². The topological polar surface area (TPSA) is 24.9 Å². The van der Waals surface area contributed by atoms with Gasteiger partial charge in [0.25, 0.3) is 0 Å². The van der Waals surface area contributed by atoms with E-state index >= 15 is 0 Å². The highest BCUT2D eigenvalue weighted by molar-refractivity contribution is 9.10. The van der Waals surface area contributed by atoms with Crippen LogP contribution < -0.4 is 5.32 Å². The summed E-state index contributed by atoms with van der Waals surface area (Å²) in [4.78, 5) is 4.42. The van der Waals surface area contributed by atoms with Crippen molar-refractivity contribution in [3.05, 3.63) is 57.3 Å². The number of rotatable bonds is 3. The number of nitrogens with zero attached hydrogens (tertiary/aromatic N) is 1. The van der Waals surface area contributed by atoms with Gasteiger partial charge in [-0.15, -0.1) is 0 Å². The second-order valence-corrected chi connectivity index (χ2v) is 5.61. The van der Waals surface area contributed by atoms with E-state index in [1.807, 2.05) is 24.4 Å². The van der Waals surface area contributed by atoms with Gasteiger partial charge in [-0.05, 0) is 34.5 Å². The standard InChI is InChI=1S/C14H11BrN2S/c15-13-3-1-2-12-11(13)4-6-16-14(12)17-8-10-5-7-18-9-10/h1-7,9H,8H2,(H,16,17). The van der Waals surface area contributed by atoms with E-state index in [9.17, 15) is 0 Å². The fourth-order valence-corrected chi connectivity index (χ4v) is 3.06. The largest absolute Gasteiger partial charge is 0.365 e. The number of hydrogen-bond acceptors (Lipinski definition) is 3. The fourth-order valence-electron chi connectivity index (χ4n) is 1.89. The monoisotopic (exact) mass is 318 g/mol. The lowest BCUT2D eigenvalue weighted by atomic mass is 10.1. The molecule has 0 aliphatic heterocycles. The van der Waals surface area contributed by atoms with Crippen LogP contribution in [0.5, 0.6) is 0 Å². The van der Waals surface area contributed by atoms with Crippen molar-refractivity contribution in [2.45, 2.75) is 6.54 Å². The number of halogens is 1. The Balaban J connectivity index is 1.94. The maximum Gasteiger partial charge on any atom is 0.134 e. The van der Waals surface area contributed by atoms with Crippen LogP contribution in [0.1, 0.15) is 5.56 Å². The smallest absolute Gasteiger partial charge is 0.134 e. The van der Waals surface area contributed by atoms with Crippen LogP contribution in [0.25, 0.3) is 10.8 Å². The highest BCUT2D eigenvalue weighted by atomic mass is 79.9. The molecular weight excluding hydrogens is 308 g/mol. The van der Waals surface area contributed by atoms with E-state index in [0.29, 0.717) is 0 Å². The number of anilines is 1. The summed E-state index contributed by atoms with van der Waals surface area (Å²) >= 11 is 5.28. The Morgan fingerprint density at radius 1 is 1.17 bits per heavy atom. The lowest BCUT2D eigenvalue weighted by Gasteiger charge is -2.08. The number of nitrogens with one attached hydrogen (secondary N) is 1. The third-order valence-electron chi connectivity index (χ3n) is 2.79. The molecule has 90 valence electrons. The minimum absolute atomic E-state index is 0.808. The van der Waals surface area contributed by atoms with Gasteiger partial charge in [0.05, 0.1) is 0 Å². The predicted octanol–water partition coefficient (Wildman–Crippen LogP) is 4.67. The van der Waals surface area contributed by atoms with E-state index in [1.165, 1.54) is 10.9 Å². The molecule has 0 bridgehead atoms. The van der Waals surface area contributed by atoms with Crippen molar-refractivity contribution in [3.8, 4) is 0 Å². The molecule has 4 heteroatoms. The van der Waals surface area contributed by atoms with Gasteiger partial charge in [0.2, 0.25) is 0 Å². The van der Waals surface area contributed by atoms with Crippen molar-refractivity contribution in [3.63, 3.8) is 0 Å². The molecule has 0 fully saturated rings. The van der Waals surface area contributed by atoms with Gasteiger partial charge in [0, 0.05) is 28.0 Å². The van der Waals surface area contributed by atoms with Gasteiger partial charge in [-0.3, -0.25) is 0 Å². The number of pyridine rings is 1. The minimum Gasteiger partial charge on any atom is -0.365 e. The summed E-state index contributed by atoms with van der Waals surface area (Å²) in [5.74, 6) is 0.931. The summed E-state index contributed by atoms with van der Waals surface area (Å²) in [7, 11) is 0. The molecule has 3 aromatic rings. The molecule has 2 nitrogen and oxygen atoms in total. The number of fused-ring (bicyclic) bond motifs is 1. The molecule has 0 saturated heterocycles. The van der Waals surface area contributed by atoms with E-state index in [0.717, 1.165) is 22.2 Å². The van der Waals surface area contributed by atoms with Gasteiger partial charge in [-0.2, -0.15) is 11.3 Å². The van der Waals surface area contributed by atoms with Gasteiger partial charge in [0.1, 0.15) is 5.82 Å². The maximum atomic E-state index is 4.42. The minimum atomic E-state index is 0.808. The third kappa shape index (κ3) is 2.26. The summed E-state index contributed by atoms with van der Waals surface area (Å²) in [6, 6.07) is 10.3. The van der Waals surface area contributed by atoms with Gasteiger partial charge in [0.15, 0.2) is 0 Å². The van der Waals surface area contributed by atoms with Crippen LogP contribution in [0, 0.1) is 0 Å². The van der Waals surface area contributed by atoms with Gasteiger partial charge < -0.3 is 5.32 Å². The third-order valence-corrected chi connectivity index (χ3v) is 4.22. The van der Waals surface area contributed by atoms with Crippen LogP contribution in [0.2, 0.25) is 0 Å². The van der Waals surface area contributed by atoms with E-state index in [2.05, 4.69) is 49.1 Å². The van der Waals surface area contributed by atoms with E-state index < -0.39 is 0 Å². The molecule has 0 atom stereocenters. The lowest BCUT2D eigenvalue weighted by Crippen LogP contribution is -2.00. The predicted molar refractivity (Wildman–Crippen MR) is 81.1 cm³/mol. The second kappa shape index (κ2) is 5.08. The first-order valence-electron chi connectivity index (χ1n) is 5.63. The van der Waals surface area contributed by atoms with Crippen molar-refractivity contribution in [2.24, 2.45) is 0 Å². The van der Waals surface area contributed by atoms with Gasteiger partial charge in [-0.25, -0.2) is 4.98 Å². The molecule has 2 heterocycles. The molecule has 3 rings (SSSR count). The van der Waals surface area contributed by atoms with Crippen LogP contribution in [-0.2, 0) is 6.54 Å². The van der Waals surface area contributed by atoms with Gasteiger partial charge >= 0.3 is 0 Å². The Hall–Kier alpha value is -1.39. The van der Waals surface area contributed by atoms with Gasteiger partial charge in [-0.1, -0.05) is 28.1 Å². The molecule has 0 aliphatic carbocycles. The quantitative estimate of drug-likeness (QED) is 0.759. The van der Waals surface area contributed by atoms with Crippen LogP contribution in [0.4, 0.5) is 5.82 Å². The van der Waals surface area contributed by atoms with E-state index in [1.54, 1.807) is 11.3 Å². The molecule has 0 radical (unpaired) electrons. The number of thiophene rings is 1. The average molecular weight is 319 g/mol. The first kappa shape index (κ1) is 11.7. The molecule has 0 aliphatic rings.